The quantitative estimate of drug-likeness (QED) is 0.0886. The van der Waals surface area contributed by atoms with Crippen molar-refractivity contribution >= 4 is 28.0 Å². The minimum Gasteiger partial charge on any atom is -0.466 e. The van der Waals surface area contributed by atoms with Gasteiger partial charge in [0.15, 0.2) is 0 Å². The summed E-state index contributed by atoms with van der Waals surface area (Å²) in [6.45, 7) is 8.34. The number of rotatable bonds is 12. The highest BCUT2D eigenvalue weighted by Gasteiger charge is 2.40. The Hall–Kier alpha value is -4.89. The van der Waals surface area contributed by atoms with Crippen molar-refractivity contribution in [3.8, 4) is 0 Å². The van der Waals surface area contributed by atoms with Gasteiger partial charge in [0.25, 0.3) is 5.69 Å². The number of nitro benzene ring substituents is 1. The van der Waals surface area contributed by atoms with Gasteiger partial charge in [0.05, 0.1) is 29.1 Å². The molecule has 0 radical (unpaired) electrons. The first kappa shape index (κ1) is 39.5. The number of hydrogen-bond donors (Lipinski definition) is 3. The number of dihydropyridines is 1. The molecule has 1 unspecified atom stereocenters. The van der Waals surface area contributed by atoms with Crippen molar-refractivity contribution in [1.29, 1.82) is 0 Å². The van der Waals surface area contributed by atoms with Gasteiger partial charge in [0.1, 0.15) is 5.60 Å². The molecule has 1 aliphatic rings. The van der Waals surface area contributed by atoms with Gasteiger partial charge in [-0.2, -0.15) is 8.42 Å². The smallest absolute Gasteiger partial charge is 0.394 e. The first-order valence-electron chi connectivity index (χ1n) is 15.6. The van der Waals surface area contributed by atoms with Crippen LogP contribution in [0.4, 0.5) is 5.69 Å². The van der Waals surface area contributed by atoms with E-state index in [4.69, 9.17) is 27.0 Å². The Labute approximate surface area is 292 Å². The highest BCUT2D eigenvalue weighted by atomic mass is 32.3. The molecule has 1 atom stereocenters. The Morgan fingerprint density at radius 3 is 1.90 bits per heavy atom. The monoisotopic (exact) mass is 709 g/mol. The first-order valence-corrected chi connectivity index (χ1v) is 17.0. The molecule has 3 N–H and O–H groups in total. The van der Waals surface area contributed by atoms with E-state index in [9.17, 15) is 19.7 Å². The van der Waals surface area contributed by atoms with E-state index in [-0.39, 0.29) is 22.8 Å². The molecule has 0 aromatic heterocycles. The Bertz CT molecular complexity index is 1790. The van der Waals surface area contributed by atoms with Crippen LogP contribution in [0.1, 0.15) is 62.6 Å². The Balaban J connectivity index is 0.00000126. The van der Waals surface area contributed by atoms with Crippen LogP contribution in [-0.4, -0.2) is 72.1 Å². The minimum atomic E-state index is -4.67. The number of esters is 2. The number of non-ortho nitro benzene ring substituents is 1. The van der Waals surface area contributed by atoms with Crippen LogP contribution in [0.5, 0.6) is 0 Å². The van der Waals surface area contributed by atoms with Crippen LogP contribution in [0.25, 0.3) is 0 Å². The number of carbonyl (C=O) groups excluding carboxylic acids is 2. The summed E-state index contributed by atoms with van der Waals surface area (Å²) in [6, 6.07) is 26.8. The van der Waals surface area contributed by atoms with Crippen LogP contribution in [0.3, 0.4) is 0 Å². The second-order valence-corrected chi connectivity index (χ2v) is 13.4. The molecule has 0 spiro atoms. The summed E-state index contributed by atoms with van der Waals surface area (Å²) < 4.78 is 42.8. The van der Waals surface area contributed by atoms with Gasteiger partial charge >= 0.3 is 22.3 Å². The summed E-state index contributed by atoms with van der Waals surface area (Å²) in [5, 5.41) is 14.7. The fraction of sp³-hybridized carbons (Fsp3) is 0.333. The zero-order valence-electron chi connectivity index (χ0n) is 28.8. The number of nitro groups is 1. The zero-order chi connectivity index (χ0) is 37.2. The molecule has 3 aromatic rings. The fourth-order valence-corrected chi connectivity index (χ4v) is 6.11. The standard InChI is InChI=1S/C36H41N3O6.H2O4S/c1-24-31(34(40)44-6)33(28-18-13-19-29(22-28)39(42)43)32(25(2)37-24)35(41)45-36(3,4)23-38(5)21-20-30(26-14-9-7-10-15-26)27-16-11-8-12-17-27;1-5(2,3)4/h7-19,22,30,33,37H,20-21,23H2,1-6H3;(H2,1,2,3,4). The predicted octanol–water partition coefficient (Wildman–Crippen LogP) is 5.83. The van der Waals surface area contributed by atoms with E-state index in [2.05, 4.69) is 58.7 Å². The van der Waals surface area contributed by atoms with Gasteiger partial charge < -0.3 is 19.7 Å². The van der Waals surface area contributed by atoms with Gasteiger partial charge in [-0.25, -0.2) is 9.59 Å². The molecular formula is C36H43N3O10S. The molecule has 13 nitrogen and oxygen atoms in total. The van der Waals surface area contributed by atoms with E-state index in [1.807, 2.05) is 33.0 Å². The normalized spacial score (nSPS) is 14.9. The van der Waals surface area contributed by atoms with Gasteiger partial charge in [-0.05, 0) is 64.4 Å². The lowest BCUT2D eigenvalue weighted by molar-refractivity contribution is -0.384. The van der Waals surface area contributed by atoms with Crippen LogP contribution in [0.15, 0.2) is 107 Å². The topological polar surface area (TPSA) is 186 Å². The minimum absolute atomic E-state index is 0.149. The van der Waals surface area contributed by atoms with Crippen molar-refractivity contribution < 1.29 is 41.5 Å². The number of carbonyl (C=O) groups is 2. The Morgan fingerprint density at radius 1 is 0.920 bits per heavy atom. The maximum atomic E-state index is 14.0. The third kappa shape index (κ3) is 11.3. The highest BCUT2D eigenvalue weighted by molar-refractivity contribution is 7.79. The van der Waals surface area contributed by atoms with E-state index in [1.165, 1.54) is 36.4 Å². The van der Waals surface area contributed by atoms with Crippen LogP contribution in [0, 0.1) is 10.1 Å². The van der Waals surface area contributed by atoms with Crippen molar-refractivity contribution in [2.45, 2.75) is 51.6 Å². The second kappa shape index (κ2) is 17.2. The number of hydrogen-bond acceptors (Lipinski definition) is 10. The predicted molar refractivity (Wildman–Crippen MR) is 188 cm³/mol. The molecule has 0 aliphatic carbocycles. The molecule has 0 saturated heterocycles. The van der Waals surface area contributed by atoms with Crippen LogP contribution in [-0.2, 0) is 29.5 Å². The van der Waals surface area contributed by atoms with Gasteiger partial charge in [-0.15, -0.1) is 0 Å². The highest BCUT2D eigenvalue weighted by Crippen LogP contribution is 2.40. The first-order chi connectivity index (χ1) is 23.4. The van der Waals surface area contributed by atoms with Crippen molar-refractivity contribution in [1.82, 2.24) is 10.2 Å². The largest absolute Gasteiger partial charge is 0.466 e. The molecule has 0 fully saturated rings. The lowest BCUT2D eigenvalue weighted by atomic mass is 9.80. The third-order valence-electron chi connectivity index (χ3n) is 8.02. The third-order valence-corrected chi connectivity index (χ3v) is 8.02. The zero-order valence-corrected chi connectivity index (χ0v) is 29.6. The van der Waals surface area contributed by atoms with Crippen LogP contribution in [0.2, 0.25) is 0 Å². The number of ether oxygens (including phenoxy) is 2. The maximum absolute atomic E-state index is 14.0. The van der Waals surface area contributed by atoms with Gasteiger partial charge in [-0.1, -0.05) is 72.8 Å². The average molecular weight is 710 g/mol. The molecular weight excluding hydrogens is 666 g/mol. The Morgan fingerprint density at radius 2 is 1.42 bits per heavy atom. The van der Waals surface area contributed by atoms with Crippen molar-refractivity contribution in [2.24, 2.45) is 0 Å². The summed E-state index contributed by atoms with van der Waals surface area (Å²) >= 11 is 0. The number of allylic oxidation sites excluding steroid dienone is 2. The molecule has 0 saturated carbocycles. The number of nitrogens with one attached hydrogen (secondary N) is 1. The van der Waals surface area contributed by atoms with Gasteiger partial charge in [0.2, 0.25) is 0 Å². The second-order valence-electron chi connectivity index (χ2n) is 12.5. The molecule has 50 heavy (non-hydrogen) atoms. The van der Waals surface area contributed by atoms with Crippen molar-refractivity contribution in [3.63, 3.8) is 0 Å². The van der Waals surface area contributed by atoms with Crippen molar-refractivity contribution in [2.75, 3.05) is 27.2 Å². The number of benzene rings is 3. The van der Waals surface area contributed by atoms with E-state index >= 15 is 0 Å². The molecule has 4 rings (SSSR count). The molecule has 1 heterocycles. The molecule has 0 bridgehead atoms. The molecule has 14 heteroatoms. The lowest BCUT2D eigenvalue weighted by Gasteiger charge is -2.34. The number of likely N-dealkylation sites (N-methyl/N-ethyl adjacent to an activating group) is 1. The molecule has 268 valence electrons. The van der Waals surface area contributed by atoms with E-state index < -0.39 is 38.8 Å². The van der Waals surface area contributed by atoms with E-state index in [0.717, 1.165) is 13.0 Å². The number of methoxy groups -OCH3 is 1. The fourth-order valence-electron chi connectivity index (χ4n) is 6.11. The summed E-state index contributed by atoms with van der Waals surface area (Å²) in [5.74, 6) is -1.96. The van der Waals surface area contributed by atoms with Gasteiger partial charge in [-0.3, -0.25) is 19.2 Å². The van der Waals surface area contributed by atoms with Gasteiger partial charge in [0, 0.05) is 36.0 Å². The van der Waals surface area contributed by atoms with Crippen LogP contribution >= 0.6 is 0 Å². The molecule has 3 aromatic carbocycles. The number of nitrogens with zero attached hydrogens (tertiary/aromatic N) is 2. The van der Waals surface area contributed by atoms with Crippen LogP contribution < -0.4 is 5.32 Å². The van der Waals surface area contributed by atoms with E-state index in [0.29, 0.717) is 23.5 Å². The summed E-state index contributed by atoms with van der Waals surface area (Å²) in [7, 11) is -1.40. The SMILES string of the molecule is COC(=O)C1=C(C)NC(C)=C(C(=O)OC(C)(C)CN(C)CCC(c2ccccc2)c2ccccc2)C1c1cccc([N+](=O)[O-])c1.O=S(=O)(O)O. The van der Waals surface area contributed by atoms with E-state index in [1.54, 1.807) is 19.9 Å². The molecule has 0 amide bonds. The van der Waals surface area contributed by atoms with Crippen molar-refractivity contribution in [3.05, 3.63) is 134 Å². The lowest BCUT2D eigenvalue weighted by Crippen LogP contribution is -2.42. The molecule has 1 aliphatic heterocycles. The average Bonchev–Trinajstić information content (AvgIpc) is 3.04. The summed E-state index contributed by atoms with van der Waals surface area (Å²) in [4.78, 5) is 40.2. The summed E-state index contributed by atoms with van der Waals surface area (Å²) in [6.07, 6.45) is 0.865. The summed E-state index contributed by atoms with van der Waals surface area (Å²) in [5.41, 5.74) is 3.24. The maximum Gasteiger partial charge on any atom is 0.394 e. The Kier molecular flexibility index (Phi) is 13.6.